The normalized spacial score (nSPS) is 20.7. The van der Waals surface area contributed by atoms with Crippen molar-refractivity contribution in [2.24, 2.45) is 10.9 Å². The number of likely N-dealkylation sites (N-methyl/N-ethyl adjacent to an activating group) is 1. The number of nitrogens with zero attached hydrogens (tertiary/aromatic N) is 3. The molecule has 0 aromatic heterocycles. The summed E-state index contributed by atoms with van der Waals surface area (Å²) < 4.78 is 13.7. The minimum absolute atomic E-state index is 0.0746. The first-order chi connectivity index (χ1) is 9.81. The Bertz CT molecular complexity index is 544. The molecular weight excluding hydrogens is 271 g/mol. The van der Waals surface area contributed by atoms with E-state index in [1.54, 1.807) is 6.07 Å². The summed E-state index contributed by atoms with van der Waals surface area (Å²) in [4.78, 5) is 4.63. The topological polar surface area (TPSA) is 65.1 Å². The van der Waals surface area contributed by atoms with E-state index in [0.29, 0.717) is 12.1 Å². The molecule has 1 fully saturated rings. The fourth-order valence-electron chi connectivity index (χ4n) is 2.68. The molecule has 1 heterocycles. The Kier molecular flexibility index (Phi) is 4.49. The van der Waals surface area contributed by atoms with Crippen LogP contribution in [0.5, 0.6) is 0 Å². The van der Waals surface area contributed by atoms with Crippen molar-refractivity contribution in [3.63, 3.8) is 0 Å². The standard InChI is InChI=1S/C15H23FN4O/c1-15(2)10-20(5-4-19(15)3)9-11-6-12(14(17)18-21)8-13(16)7-11/h6-8,21H,4-5,9-10H2,1-3H3,(H2,17,18). The molecule has 5 nitrogen and oxygen atoms in total. The maximum Gasteiger partial charge on any atom is 0.170 e. The Morgan fingerprint density at radius 2 is 2.10 bits per heavy atom. The summed E-state index contributed by atoms with van der Waals surface area (Å²) in [6.07, 6.45) is 0. The van der Waals surface area contributed by atoms with Gasteiger partial charge in [-0.25, -0.2) is 4.39 Å². The molecule has 1 aromatic carbocycles. The van der Waals surface area contributed by atoms with Gasteiger partial charge in [-0.2, -0.15) is 0 Å². The minimum atomic E-state index is -0.373. The van der Waals surface area contributed by atoms with Gasteiger partial charge in [-0.3, -0.25) is 9.80 Å². The summed E-state index contributed by atoms with van der Waals surface area (Å²) in [7, 11) is 2.12. The molecule has 6 heteroatoms. The van der Waals surface area contributed by atoms with E-state index in [1.807, 2.05) is 0 Å². The monoisotopic (exact) mass is 294 g/mol. The highest BCUT2D eigenvalue weighted by Gasteiger charge is 2.30. The van der Waals surface area contributed by atoms with E-state index in [1.165, 1.54) is 12.1 Å². The fraction of sp³-hybridized carbons (Fsp3) is 0.533. The first kappa shape index (κ1) is 15.7. The van der Waals surface area contributed by atoms with Crippen LogP contribution < -0.4 is 5.73 Å². The Morgan fingerprint density at radius 1 is 1.38 bits per heavy atom. The van der Waals surface area contributed by atoms with E-state index in [0.717, 1.165) is 25.2 Å². The van der Waals surface area contributed by atoms with Gasteiger partial charge in [-0.05, 0) is 44.7 Å². The van der Waals surface area contributed by atoms with Gasteiger partial charge in [0.15, 0.2) is 5.84 Å². The van der Waals surface area contributed by atoms with E-state index in [9.17, 15) is 4.39 Å². The summed E-state index contributed by atoms with van der Waals surface area (Å²) >= 11 is 0. The number of hydrogen-bond acceptors (Lipinski definition) is 4. The SMILES string of the molecule is CN1CCN(Cc2cc(F)cc(/C(N)=N/O)c2)CC1(C)C. The van der Waals surface area contributed by atoms with Gasteiger partial charge < -0.3 is 10.9 Å². The van der Waals surface area contributed by atoms with Gasteiger partial charge in [-0.15, -0.1) is 0 Å². The lowest BCUT2D eigenvalue weighted by atomic mass is 9.99. The average Bonchev–Trinajstić information content (AvgIpc) is 2.41. The molecule has 0 aliphatic carbocycles. The quantitative estimate of drug-likeness (QED) is 0.383. The smallest absolute Gasteiger partial charge is 0.170 e. The lowest BCUT2D eigenvalue weighted by Gasteiger charge is -2.45. The van der Waals surface area contributed by atoms with Crippen molar-refractivity contribution in [1.29, 1.82) is 0 Å². The van der Waals surface area contributed by atoms with E-state index >= 15 is 0 Å². The Hall–Kier alpha value is -1.66. The summed E-state index contributed by atoms with van der Waals surface area (Å²) in [6, 6.07) is 4.54. The fourth-order valence-corrected chi connectivity index (χ4v) is 2.68. The second-order valence-electron chi connectivity index (χ2n) is 6.28. The summed E-state index contributed by atoms with van der Waals surface area (Å²) in [6.45, 7) is 7.89. The van der Waals surface area contributed by atoms with Crippen molar-refractivity contribution in [1.82, 2.24) is 9.80 Å². The lowest BCUT2D eigenvalue weighted by Crippen LogP contribution is -2.57. The molecule has 0 atom stereocenters. The number of benzene rings is 1. The van der Waals surface area contributed by atoms with Gasteiger partial charge in [0.25, 0.3) is 0 Å². The van der Waals surface area contributed by atoms with Crippen LogP contribution >= 0.6 is 0 Å². The number of piperazine rings is 1. The van der Waals surface area contributed by atoms with Crippen LogP contribution in [0.1, 0.15) is 25.0 Å². The summed E-state index contributed by atoms with van der Waals surface area (Å²) in [5.41, 5.74) is 6.87. The number of halogens is 1. The molecule has 116 valence electrons. The third-order valence-electron chi connectivity index (χ3n) is 4.16. The number of rotatable bonds is 3. The van der Waals surface area contributed by atoms with Crippen LogP contribution in [0.2, 0.25) is 0 Å². The Morgan fingerprint density at radius 3 is 2.71 bits per heavy atom. The van der Waals surface area contributed by atoms with Crippen LogP contribution in [0.4, 0.5) is 4.39 Å². The molecule has 0 spiro atoms. The summed E-state index contributed by atoms with van der Waals surface area (Å²) in [5, 5.41) is 11.6. The highest BCUT2D eigenvalue weighted by Crippen LogP contribution is 2.21. The van der Waals surface area contributed by atoms with Crippen molar-refractivity contribution < 1.29 is 9.60 Å². The van der Waals surface area contributed by atoms with Crippen LogP contribution in [0.25, 0.3) is 0 Å². The minimum Gasteiger partial charge on any atom is -0.409 e. The highest BCUT2D eigenvalue weighted by molar-refractivity contribution is 5.97. The third-order valence-corrected chi connectivity index (χ3v) is 4.16. The second kappa shape index (κ2) is 5.99. The van der Waals surface area contributed by atoms with Gasteiger partial charge >= 0.3 is 0 Å². The number of nitrogens with two attached hydrogens (primary N) is 1. The zero-order chi connectivity index (χ0) is 15.6. The largest absolute Gasteiger partial charge is 0.409 e. The molecule has 0 radical (unpaired) electrons. The molecule has 0 bridgehead atoms. The first-order valence-electron chi connectivity index (χ1n) is 7.03. The molecule has 0 unspecified atom stereocenters. The second-order valence-corrected chi connectivity index (χ2v) is 6.28. The average molecular weight is 294 g/mol. The number of oxime groups is 1. The number of amidine groups is 1. The molecule has 1 aliphatic heterocycles. The summed E-state index contributed by atoms with van der Waals surface area (Å²) in [5.74, 6) is -0.447. The van der Waals surface area contributed by atoms with E-state index in [2.05, 4.69) is 35.9 Å². The molecule has 0 saturated carbocycles. The van der Waals surface area contributed by atoms with Crippen LogP contribution in [0.15, 0.2) is 23.4 Å². The molecule has 3 N–H and O–H groups in total. The maximum absolute atomic E-state index is 13.7. The molecule has 1 aliphatic rings. The Labute approximate surface area is 124 Å². The third kappa shape index (κ3) is 3.71. The molecule has 21 heavy (non-hydrogen) atoms. The number of hydrogen-bond donors (Lipinski definition) is 2. The molecular formula is C15H23FN4O. The molecule has 1 aromatic rings. The predicted octanol–water partition coefficient (Wildman–Crippen LogP) is 1.45. The molecule has 1 saturated heterocycles. The highest BCUT2D eigenvalue weighted by atomic mass is 19.1. The predicted molar refractivity (Wildman–Crippen MR) is 80.9 cm³/mol. The van der Waals surface area contributed by atoms with Crippen molar-refractivity contribution >= 4 is 5.84 Å². The zero-order valence-electron chi connectivity index (χ0n) is 12.8. The maximum atomic E-state index is 13.7. The van der Waals surface area contributed by atoms with Gasteiger partial charge in [0.1, 0.15) is 5.82 Å². The van der Waals surface area contributed by atoms with Crippen LogP contribution in [0, 0.1) is 5.82 Å². The zero-order valence-corrected chi connectivity index (χ0v) is 12.8. The lowest BCUT2D eigenvalue weighted by molar-refractivity contribution is 0.0360. The van der Waals surface area contributed by atoms with Crippen LogP contribution in [-0.2, 0) is 6.54 Å². The molecule has 2 rings (SSSR count). The Balaban J connectivity index is 2.15. The van der Waals surface area contributed by atoms with E-state index in [-0.39, 0.29) is 17.2 Å². The van der Waals surface area contributed by atoms with Gasteiger partial charge in [0, 0.05) is 37.3 Å². The molecule has 0 amide bonds. The van der Waals surface area contributed by atoms with Gasteiger partial charge in [-0.1, -0.05) is 5.16 Å². The van der Waals surface area contributed by atoms with Gasteiger partial charge in [0.05, 0.1) is 0 Å². The van der Waals surface area contributed by atoms with Crippen molar-refractivity contribution in [2.75, 3.05) is 26.7 Å². The van der Waals surface area contributed by atoms with Crippen molar-refractivity contribution in [2.45, 2.75) is 25.9 Å². The first-order valence-corrected chi connectivity index (χ1v) is 7.03. The van der Waals surface area contributed by atoms with Gasteiger partial charge in [0.2, 0.25) is 0 Å². The van der Waals surface area contributed by atoms with Crippen molar-refractivity contribution in [3.8, 4) is 0 Å². The van der Waals surface area contributed by atoms with Crippen molar-refractivity contribution in [3.05, 3.63) is 35.1 Å². The van der Waals surface area contributed by atoms with E-state index in [4.69, 9.17) is 10.9 Å². The van der Waals surface area contributed by atoms with Crippen LogP contribution in [0.3, 0.4) is 0 Å². The van der Waals surface area contributed by atoms with Crippen LogP contribution in [-0.4, -0.2) is 53.1 Å². The van der Waals surface area contributed by atoms with E-state index < -0.39 is 0 Å².